The first-order chi connectivity index (χ1) is 16.9. The van der Waals surface area contributed by atoms with Gasteiger partial charge in [-0.1, -0.05) is 20.3 Å². The molecule has 1 aromatic carbocycles. The first kappa shape index (κ1) is 24.9. The predicted octanol–water partition coefficient (Wildman–Crippen LogP) is 4.48. The third kappa shape index (κ3) is 5.40. The molecule has 35 heavy (non-hydrogen) atoms. The fourth-order valence-corrected chi connectivity index (χ4v) is 5.56. The number of nitrogens with one attached hydrogen (secondary N) is 1. The van der Waals surface area contributed by atoms with Crippen molar-refractivity contribution in [2.45, 2.75) is 58.9 Å². The number of methoxy groups -OCH3 is 1. The van der Waals surface area contributed by atoms with Crippen molar-refractivity contribution in [1.82, 2.24) is 15.0 Å². The van der Waals surface area contributed by atoms with Crippen LogP contribution in [0.4, 0.5) is 0 Å². The van der Waals surface area contributed by atoms with Crippen molar-refractivity contribution >= 4 is 33.7 Å². The molecule has 0 saturated heterocycles. The third-order valence-electron chi connectivity index (χ3n) is 6.37. The first-order valence-corrected chi connectivity index (χ1v) is 12.9. The second-order valence-corrected chi connectivity index (χ2v) is 10.1. The molecule has 8 nitrogen and oxygen atoms in total. The summed E-state index contributed by atoms with van der Waals surface area (Å²) >= 11 is 1.60. The van der Waals surface area contributed by atoms with Gasteiger partial charge >= 0.3 is 0 Å². The van der Waals surface area contributed by atoms with Crippen LogP contribution in [0.5, 0.6) is 11.5 Å². The molecule has 0 saturated carbocycles. The number of aryl methyl sites for hydroxylation is 1. The number of ether oxygens (including phenoxy) is 2. The smallest absolute Gasteiger partial charge is 0.263 e. The van der Waals surface area contributed by atoms with Gasteiger partial charge in [0.15, 0.2) is 11.5 Å². The molecule has 0 spiro atoms. The number of hydrogen-bond donors (Lipinski definition) is 1. The standard InChI is InChI=1S/C26H32N4O4S/c1-5-6-11-34-20-10-8-18(13-21(20)33-4)14-28-29-24(31)17(3)30-15-27-25-23(26(30)32)19-9-7-16(2)12-22(19)35-25/h8,10,13-17H,5-7,9,11-12H2,1-4H3,(H,29,31)/b28-14-/t16-,17+/m1/s1. The van der Waals surface area contributed by atoms with Crippen LogP contribution in [0.2, 0.25) is 0 Å². The van der Waals surface area contributed by atoms with Gasteiger partial charge < -0.3 is 9.47 Å². The summed E-state index contributed by atoms with van der Waals surface area (Å²) < 4.78 is 12.5. The molecule has 0 fully saturated rings. The monoisotopic (exact) mass is 496 g/mol. The van der Waals surface area contributed by atoms with Gasteiger partial charge in [-0.2, -0.15) is 5.10 Å². The lowest BCUT2D eigenvalue weighted by molar-refractivity contribution is -0.123. The Labute approximate surface area is 209 Å². The Morgan fingerprint density at radius 2 is 2.23 bits per heavy atom. The number of benzene rings is 1. The van der Waals surface area contributed by atoms with E-state index in [4.69, 9.17) is 9.47 Å². The van der Waals surface area contributed by atoms with Crippen molar-refractivity contribution in [3.05, 3.63) is 50.9 Å². The minimum Gasteiger partial charge on any atom is -0.493 e. The Morgan fingerprint density at radius 3 is 3.00 bits per heavy atom. The van der Waals surface area contributed by atoms with Gasteiger partial charge in [-0.25, -0.2) is 10.4 Å². The van der Waals surface area contributed by atoms with Gasteiger partial charge in [0.2, 0.25) is 0 Å². The Balaban J connectivity index is 1.46. The van der Waals surface area contributed by atoms with E-state index in [0.29, 0.717) is 29.4 Å². The number of nitrogens with zero attached hydrogens (tertiary/aromatic N) is 3. The number of hydrazone groups is 1. The normalized spacial score (nSPS) is 16.3. The second kappa shape index (κ2) is 11.0. The van der Waals surface area contributed by atoms with Gasteiger partial charge in [-0.3, -0.25) is 14.2 Å². The molecule has 1 aliphatic rings. The molecule has 1 aliphatic carbocycles. The highest BCUT2D eigenvalue weighted by Gasteiger charge is 2.25. The summed E-state index contributed by atoms with van der Waals surface area (Å²) in [6.07, 6.45) is 7.95. The number of amides is 1. The van der Waals surface area contributed by atoms with Crippen molar-refractivity contribution in [2.75, 3.05) is 13.7 Å². The quantitative estimate of drug-likeness (QED) is 0.268. The maximum absolute atomic E-state index is 13.3. The molecule has 0 aliphatic heterocycles. The molecular formula is C26H32N4O4S. The van der Waals surface area contributed by atoms with Crippen LogP contribution in [-0.4, -0.2) is 35.4 Å². The third-order valence-corrected chi connectivity index (χ3v) is 7.53. The molecule has 3 aromatic rings. The molecule has 0 radical (unpaired) electrons. The number of fused-ring (bicyclic) bond motifs is 3. The summed E-state index contributed by atoms with van der Waals surface area (Å²) in [5.74, 6) is 1.49. The lowest BCUT2D eigenvalue weighted by Gasteiger charge is -2.18. The van der Waals surface area contributed by atoms with Crippen LogP contribution in [0.15, 0.2) is 34.4 Å². The van der Waals surface area contributed by atoms with Gasteiger partial charge in [-0.15, -0.1) is 11.3 Å². The van der Waals surface area contributed by atoms with Crippen LogP contribution in [-0.2, 0) is 17.6 Å². The number of thiophene rings is 1. The molecular weight excluding hydrogens is 464 g/mol. The molecule has 2 heterocycles. The van der Waals surface area contributed by atoms with Crippen LogP contribution in [0, 0.1) is 5.92 Å². The highest BCUT2D eigenvalue weighted by molar-refractivity contribution is 7.18. The molecule has 9 heteroatoms. The fourth-order valence-electron chi connectivity index (χ4n) is 4.22. The van der Waals surface area contributed by atoms with E-state index in [-0.39, 0.29) is 5.56 Å². The summed E-state index contributed by atoms with van der Waals surface area (Å²) in [6.45, 7) is 6.64. The summed E-state index contributed by atoms with van der Waals surface area (Å²) in [6, 6.07) is 4.71. The van der Waals surface area contributed by atoms with E-state index >= 15 is 0 Å². The summed E-state index contributed by atoms with van der Waals surface area (Å²) in [7, 11) is 1.58. The van der Waals surface area contributed by atoms with Crippen LogP contribution in [0.1, 0.15) is 62.1 Å². The van der Waals surface area contributed by atoms with Crippen LogP contribution >= 0.6 is 11.3 Å². The average molecular weight is 497 g/mol. The largest absolute Gasteiger partial charge is 0.493 e. The Morgan fingerprint density at radius 1 is 1.40 bits per heavy atom. The second-order valence-electron chi connectivity index (χ2n) is 9.01. The van der Waals surface area contributed by atoms with Gasteiger partial charge in [0.05, 0.1) is 31.6 Å². The number of rotatable bonds is 9. The Bertz CT molecular complexity index is 1300. The summed E-state index contributed by atoms with van der Waals surface area (Å²) in [5, 5.41) is 4.74. The number of unbranched alkanes of at least 4 members (excludes halogenated alkanes) is 1. The van der Waals surface area contributed by atoms with Crippen molar-refractivity contribution in [1.29, 1.82) is 0 Å². The van der Waals surface area contributed by atoms with Crippen LogP contribution in [0.25, 0.3) is 10.2 Å². The van der Waals surface area contributed by atoms with Gasteiger partial charge in [0.1, 0.15) is 10.9 Å². The van der Waals surface area contributed by atoms with Crippen molar-refractivity contribution in [3.63, 3.8) is 0 Å². The summed E-state index contributed by atoms with van der Waals surface area (Å²) in [5.41, 5.74) is 4.22. The maximum Gasteiger partial charge on any atom is 0.263 e. The number of carbonyl (C=O) groups is 1. The topological polar surface area (TPSA) is 94.8 Å². The van der Waals surface area contributed by atoms with Crippen molar-refractivity contribution in [2.24, 2.45) is 11.0 Å². The van der Waals surface area contributed by atoms with Gasteiger partial charge in [0, 0.05) is 4.88 Å². The highest BCUT2D eigenvalue weighted by atomic mass is 32.1. The first-order valence-electron chi connectivity index (χ1n) is 12.1. The molecule has 4 rings (SSSR count). The van der Waals surface area contributed by atoms with Crippen LogP contribution < -0.4 is 20.5 Å². The maximum atomic E-state index is 13.3. The van der Waals surface area contributed by atoms with Crippen molar-refractivity contribution < 1.29 is 14.3 Å². The lowest BCUT2D eigenvalue weighted by Crippen LogP contribution is -2.34. The predicted molar refractivity (Wildman–Crippen MR) is 139 cm³/mol. The highest BCUT2D eigenvalue weighted by Crippen LogP contribution is 2.35. The Kier molecular flexibility index (Phi) is 7.85. The number of carbonyl (C=O) groups excluding carboxylic acids is 1. The SMILES string of the molecule is CCCCOc1ccc(/C=N\NC(=O)[C@H](C)n2cnc3sc4c(c3c2=O)CC[C@@H](C)C4)cc1OC. The van der Waals surface area contributed by atoms with Crippen molar-refractivity contribution in [3.8, 4) is 11.5 Å². The summed E-state index contributed by atoms with van der Waals surface area (Å²) in [4.78, 5) is 32.5. The van der Waals surface area contributed by atoms with Gasteiger partial charge in [0.25, 0.3) is 11.5 Å². The molecule has 0 bridgehead atoms. The fraction of sp³-hybridized carbons (Fsp3) is 0.462. The van der Waals surface area contributed by atoms with E-state index in [9.17, 15) is 9.59 Å². The minimum atomic E-state index is -0.751. The Hall–Kier alpha value is -3.20. The average Bonchev–Trinajstić information content (AvgIpc) is 3.22. The molecule has 0 unspecified atom stereocenters. The number of hydrogen-bond acceptors (Lipinski definition) is 7. The number of aromatic nitrogens is 2. The van der Waals surface area contributed by atoms with E-state index in [1.807, 2.05) is 12.1 Å². The van der Waals surface area contributed by atoms with E-state index < -0.39 is 11.9 Å². The zero-order chi connectivity index (χ0) is 24.9. The van der Waals surface area contributed by atoms with E-state index in [2.05, 4.69) is 29.4 Å². The zero-order valence-electron chi connectivity index (χ0n) is 20.7. The van der Waals surface area contributed by atoms with E-state index in [0.717, 1.165) is 48.1 Å². The van der Waals surface area contributed by atoms with E-state index in [1.165, 1.54) is 22.0 Å². The molecule has 2 aromatic heterocycles. The van der Waals surface area contributed by atoms with Gasteiger partial charge in [-0.05, 0) is 67.9 Å². The zero-order valence-corrected chi connectivity index (χ0v) is 21.5. The lowest BCUT2D eigenvalue weighted by atomic mass is 9.89. The van der Waals surface area contributed by atoms with E-state index in [1.54, 1.807) is 31.4 Å². The molecule has 1 N–H and O–H groups in total. The molecule has 186 valence electrons. The minimum absolute atomic E-state index is 0.169. The molecule has 1 amide bonds. The molecule has 2 atom stereocenters. The van der Waals surface area contributed by atoms with Crippen LogP contribution in [0.3, 0.4) is 0 Å².